The number of ether oxygens (including phenoxy) is 3. The summed E-state index contributed by atoms with van der Waals surface area (Å²) in [4.78, 5) is 67.4. The molecule has 1 unspecified atom stereocenters. The fourth-order valence-electron chi connectivity index (χ4n) is 4.90. The molecule has 2 aromatic rings. The maximum atomic E-state index is 13.6. The van der Waals surface area contributed by atoms with Gasteiger partial charge in [0.25, 0.3) is 15.9 Å². The van der Waals surface area contributed by atoms with Gasteiger partial charge in [0.05, 0.1) is 30.3 Å². The number of anilines is 1. The van der Waals surface area contributed by atoms with E-state index in [2.05, 4.69) is 5.32 Å². The number of fused-ring (bicyclic) bond motifs is 2. The lowest BCUT2D eigenvalue weighted by Crippen LogP contribution is -2.52. The molecule has 3 amide bonds. The van der Waals surface area contributed by atoms with Crippen LogP contribution in [0.4, 0.5) is 9.80 Å². The van der Waals surface area contributed by atoms with Gasteiger partial charge in [-0.15, -0.1) is 11.3 Å². The highest BCUT2D eigenvalue weighted by Crippen LogP contribution is 2.41. The second-order valence-electron chi connectivity index (χ2n) is 14.0. The summed E-state index contributed by atoms with van der Waals surface area (Å²) in [6, 6.07) is 4.85. The first-order valence-electron chi connectivity index (χ1n) is 14.6. The number of nitrogens with one attached hydrogen (secondary N) is 1. The Morgan fingerprint density at radius 3 is 2.07 bits per heavy atom. The molecule has 15 heteroatoms. The van der Waals surface area contributed by atoms with Gasteiger partial charge in [0.1, 0.15) is 26.7 Å². The summed E-state index contributed by atoms with van der Waals surface area (Å²) in [7, 11) is -4.23. The van der Waals surface area contributed by atoms with Crippen molar-refractivity contribution in [2.75, 3.05) is 11.9 Å². The van der Waals surface area contributed by atoms with Gasteiger partial charge in [-0.25, -0.2) is 27.1 Å². The quantitative estimate of drug-likeness (QED) is 0.277. The first-order valence-corrected chi connectivity index (χ1v) is 16.8. The summed E-state index contributed by atoms with van der Waals surface area (Å²) in [5, 5.41) is 2.47. The molecule has 1 aromatic heterocycles. The predicted octanol–water partition coefficient (Wildman–Crippen LogP) is 4.49. The fraction of sp³-hybridized carbons (Fsp3) is 0.516. The van der Waals surface area contributed by atoms with Crippen molar-refractivity contribution < 1.29 is 46.6 Å². The molecule has 46 heavy (non-hydrogen) atoms. The molecule has 13 nitrogen and oxygen atoms in total. The number of esters is 2. The third-order valence-corrected chi connectivity index (χ3v) is 9.56. The maximum Gasteiger partial charge on any atom is 0.410 e. The molecule has 4 rings (SSSR count). The minimum atomic E-state index is -4.23. The lowest BCUT2D eigenvalue weighted by Gasteiger charge is -2.38. The lowest BCUT2D eigenvalue weighted by molar-refractivity contribution is -0.161. The van der Waals surface area contributed by atoms with Crippen molar-refractivity contribution in [3.05, 3.63) is 45.8 Å². The van der Waals surface area contributed by atoms with E-state index in [0.717, 1.165) is 15.6 Å². The van der Waals surface area contributed by atoms with Crippen molar-refractivity contribution in [3.63, 3.8) is 0 Å². The van der Waals surface area contributed by atoms with Crippen LogP contribution in [-0.4, -0.2) is 76.9 Å². The normalized spacial score (nSPS) is 17.6. The Bertz CT molecular complexity index is 1710. The van der Waals surface area contributed by atoms with Gasteiger partial charge in [-0.05, 0) is 86.4 Å². The maximum absolute atomic E-state index is 13.6. The van der Waals surface area contributed by atoms with E-state index in [1.54, 1.807) is 68.4 Å². The summed E-state index contributed by atoms with van der Waals surface area (Å²) in [5.41, 5.74) is -2.44. The van der Waals surface area contributed by atoms with Crippen LogP contribution in [0.15, 0.2) is 29.2 Å². The largest absolute Gasteiger partial charge is 0.456 e. The molecular formula is C31H39N3O10S2. The number of hydrogen-bond donors (Lipinski definition) is 1. The standard InChI is InChI=1S/C31H39N3O10S2/c1-29(2,3)42-26(37)22-19-14-17(15-34-25(36)18-12-10-11-13-21(18)46(34,40)41)33(28(39)44-31(7,8)9)16-20(19)45-24(22)32-23(35)27(38)43-30(4,5)6/h10-13,17H,14-16H2,1-9H3,(H,32,35). The van der Waals surface area contributed by atoms with Crippen LogP contribution in [0.3, 0.4) is 0 Å². The van der Waals surface area contributed by atoms with Gasteiger partial charge in [-0.1, -0.05) is 12.1 Å². The summed E-state index contributed by atoms with van der Waals surface area (Å²) in [5.74, 6) is -3.83. The lowest BCUT2D eigenvalue weighted by atomic mass is 9.96. The second kappa shape index (κ2) is 12.0. The number of thiophene rings is 1. The van der Waals surface area contributed by atoms with E-state index >= 15 is 0 Å². The van der Waals surface area contributed by atoms with Gasteiger partial charge in [-0.3, -0.25) is 14.5 Å². The molecule has 0 radical (unpaired) electrons. The monoisotopic (exact) mass is 677 g/mol. The number of benzene rings is 1. The Balaban J connectivity index is 1.78. The summed E-state index contributed by atoms with van der Waals surface area (Å²) in [6.07, 6.45) is -0.867. The number of nitrogens with zero attached hydrogens (tertiary/aromatic N) is 2. The van der Waals surface area contributed by atoms with Gasteiger partial charge >= 0.3 is 23.9 Å². The average Bonchev–Trinajstić information content (AvgIpc) is 3.32. The third-order valence-electron chi connectivity index (χ3n) is 6.62. The highest BCUT2D eigenvalue weighted by molar-refractivity contribution is 7.90. The zero-order chi connectivity index (χ0) is 34.6. The van der Waals surface area contributed by atoms with Gasteiger partial charge in [-0.2, -0.15) is 0 Å². The van der Waals surface area contributed by atoms with E-state index in [-0.39, 0.29) is 34.0 Å². The Labute approximate surface area is 272 Å². The first-order chi connectivity index (χ1) is 21.0. The van der Waals surface area contributed by atoms with Crippen LogP contribution in [0.1, 0.15) is 93.5 Å². The van der Waals surface area contributed by atoms with Crippen molar-refractivity contribution in [1.82, 2.24) is 9.21 Å². The summed E-state index contributed by atoms with van der Waals surface area (Å²) < 4.78 is 44.1. The zero-order valence-corrected chi connectivity index (χ0v) is 28.9. The van der Waals surface area contributed by atoms with Gasteiger partial charge < -0.3 is 19.5 Å². The molecular weight excluding hydrogens is 638 g/mol. The smallest absolute Gasteiger partial charge is 0.410 e. The molecule has 0 bridgehead atoms. The second-order valence-corrected chi connectivity index (χ2v) is 16.9. The van der Waals surface area contributed by atoms with E-state index in [1.165, 1.54) is 23.1 Å². The van der Waals surface area contributed by atoms with E-state index in [1.807, 2.05) is 0 Å². The molecule has 2 aliphatic rings. The number of amides is 3. The Morgan fingerprint density at radius 1 is 0.913 bits per heavy atom. The Kier molecular flexibility index (Phi) is 9.09. The highest BCUT2D eigenvalue weighted by atomic mass is 32.2. The molecule has 0 saturated carbocycles. The van der Waals surface area contributed by atoms with Crippen molar-refractivity contribution >= 4 is 56.2 Å². The molecule has 2 aliphatic heterocycles. The topological polar surface area (TPSA) is 166 Å². The molecule has 1 atom stereocenters. The van der Waals surface area contributed by atoms with Crippen molar-refractivity contribution in [1.29, 1.82) is 0 Å². The van der Waals surface area contributed by atoms with Crippen molar-refractivity contribution in [2.45, 2.75) is 103 Å². The van der Waals surface area contributed by atoms with E-state index in [0.29, 0.717) is 10.4 Å². The van der Waals surface area contributed by atoms with E-state index in [9.17, 15) is 32.4 Å². The SMILES string of the molecule is CC(C)(C)OC(=O)C(=O)Nc1sc2c(c1C(=O)OC(C)(C)C)CC(CN1C(=O)c3ccccc3S1(=O)=O)N(C(=O)OC(C)(C)C)C2. The van der Waals surface area contributed by atoms with Crippen LogP contribution in [0.2, 0.25) is 0 Å². The van der Waals surface area contributed by atoms with Crippen LogP contribution < -0.4 is 5.32 Å². The van der Waals surface area contributed by atoms with Crippen LogP contribution in [0.5, 0.6) is 0 Å². The van der Waals surface area contributed by atoms with Gasteiger partial charge in [0.15, 0.2) is 0 Å². The highest BCUT2D eigenvalue weighted by Gasteiger charge is 2.46. The fourth-order valence-corrected chi connectivity index (χ4v) is 7.71. The molecule has 0 aliphatic carbocycles. The van der Waals surface area contributed by atoms with Crippen molar-refractivity contribution in [2.24, 2.45) is 0 Å². The molecule has 3 heterocycles. The van der Waals surface area contributed by atoms with Crippen molar-refractivity contribution in [3.8, 4) is 0 Å². The molecule has 1 aromatic carbocycles. The number of sulfonamides is 1. The average molecular weight is 678 g/mol. The van der Waals surface area contributed by atoms with Crippen LogP contribution >= 0.6 is 11.3 Å². The molecule has 1 N–H and O–H groups in total. The number of hydrogen-bond acceptors (Lipinski definition) is 11. The number of rotatable bonds is 4. The molecule has 250 valence electrons. The molecule has 0 spiro atoms. The third kappa shape index (κ3) is 7.52. The van der Waals surface area contributed by atoms with Crippen LogP contribution in [0.25, 0.3) is 0 Å². The Morgan fingerprint density at radius 2 is 1.50 bits per heavy atom. The predicted molar refractivity (Wildman–Crippen MR) is 168 cm³/mol. The zero-order valence-electron chi connectivity index (χ0n) is 27.3. The van der Waals surface area contributed by atoms with Gasteiger partial charge in [0, 0.05) is 4.88 Å². The number of carbonyl (C=O) groups excluding carboxylic acids is 5. The van der Waals surface area contributed by atoms with Gasteiger partial charge in [0.2, 0.25) is 0 Å². The number of carbonyl (C=O) groups is 5. The summed E-state index contributed by atoms with van der Waals surface area (Å²) >= 11 is 0.965. The molecule has 0 fully saturated rings. The Hall–Kier alpha value is -3.98. The molecule has 0 saturated heterocycles. The summed E-state index contributed by atoms with van der Waals surface area (Å²) in [6.45, 7) is 14.2. The minimum Gasteiger partial charge on any atom is -0.456 e. The van der Waals surface area contributed by atoms with Crippen LogP contribution in [-0.2, 0) is 46.8 Å². The first kappa shape index (κ1) is 34.9. The minimum absolute atomic E-state index is 0.00262. The van der Waals surface area contributed by atoms with E-state index < -0.39 is 69.3 Å². The van der Waals surface area contributed by atoms with E-state index in [4.69, 9.17) is 14.2 Å². The van der Waals surface area contributed by atoms with Crippen LogP contribution in [0, 0.1) is 0 Å².